The lowest BCUT2D eigenvalue weighted by Crippen LogP contribution is -2.04. The Bertz CT molecular complexity index is 529. The van der Waals surface area contributed by atoms with Crippen LogP contribution in [-0.4, -0.2) is 10.8 Å². The van der Waals surface area contributed by atoms with E-state index in [0.29, 0.717) is 11.3 Å². The second-order valence-electron chi connectivity index (χ2n) is 4.10. The van der Waals surface area contributed by atoms with Gasteiger partial charge in [-0.15, -0.1) is 0 Å². The van der Waals surface area contributed by atoms with Crippen molar-refractivity contribution in [1.82, 2.24) is 4.98 Å². The summed E-state index contributed by atoms with van der Waals surface area (Å²) in [5.74, 6) is -0.0173. The molecule has 0 aliphatic heterocycles. The summed E-state index contributed by atoms with van der Waals surface area (Å²) in [5.41, 5.74) is 3.49. The minimum atomic E-state index is -0.0173. The first-order valence-electron chi connectivity index (χ1n) is 5.77. The van der Waals surface area contributed by atoms with E-state index in [1.807, 2.05) is 43.3 Å². The van der Waals surface area contributed by atoms with Crippen molar-refractivity contribution in [3.63, 3.8) is 0 Å². The third kappa shape index (κ3) is 2.59. The van der Waals surface area contributed by atoms with Crippen LogP contribution in [0.3, 0.4) is 0 Å². The fourth-order valence-corrected chi connectivity index (χ4v) is 1.70. The number of aryl methyl sites for hydroxylation is 2. The standard InChI is InChI=1S/C15H15NO/c1-3-12-4-6-13(7-5-12)15(17)14-10-11(2)8-9-16-14/h4-10H,3H2,1-2H3. The number of nitrogens with zero attached hydrogens (tertiary/aromatic N) is 1. The molecule has 1 heterocycles. The zero-order chi connectivity index (χ0) is 12.3. The highest BCUT2D eigenvalue weighted by atomic mass is 16.1. The Balaban J connectivity index is 2.30. The molecule has 0 saturated carbocycles. The van der Waals surface area contributed by atoms with Gasteiger partial charge in [0.2, 0.25) is 5.78 Å². The highest BCUT2D eigenvalue weighted by Crippen LogP contribution is 2.11. The van der Waals surface area contributed by atoms with Crippen molar-refractivity contribution in [3.8, 4) is 0 Å². The highest BCUT2D eigenvalue weighted by Gasteiger charge is 2.09. The molecule has 0 N–H and O–H groups in total. The molecule has 0 aliphatic rings. The summed E-state index contributed by atoms with van der Waals surface area (Å²) in [6.45, 7) is 4.05. The lowest BCUT2D eigenvalue weighted by molar-refractivity contribution is 0.103. The second-order valence-corrected chi connectivity index (χ2v) is 4.10. The maximum atomic E-state index is 12.1. The molecule has 86 valence electrons. The van der Waals surface area contributed by atoms with Crippen LogP contribution in [0.2, 0.25) is 0 Å². The summed E-state index contributed by atoms with van der Waals surface area (Å²) in [5, 5.41) is 0. The van der Waals surface area contributed by atoms with Gasteiger partial charge in [-0.05, 0) is 36.6 Å². The minimum Gasteiger partial charge on any atom is -0.287 e. The number of hydrogen-bond acceptors (Lipinski definition) is 2. The summed E-state index contributed by atoms with van der Waals surface area (Å²) in [7, 11) is 0. The number of aromatic nitrogens is 1. The largest absolute Gasteiger partial charge is 0.287 e. The first kappa shape index (κ1) is 11.5. The van der Waals surface area contributed by atoms with Gasteiger partial charge in [-0.1, -0.05) is 31.2 Å². The molecule has 0 atom stereocenters. The number of carbonyl (C=O) groups is 1. The molecule has 0 spiro atoms. The SMILES string of the molecule is CCc1ccc(C(=O)c2cc(C)ccn2)cc1. The number of pyridine rings is 1. The summed E-state index contributed by atoms with van der Waals surface area (Å²) in [6, 6.07) is 11.4. The third-order valence-corrected chi connectivity index (χ3v) is 2.77. The molecule has 1 aromatic heterocycles. The van der Waals surface area contributed by atoms with Gasteiger partial charge in [0.25, 0.3) is 0 Å². The third-order valence-electron chi connectivity index (χ3n) is 2.77. The molecule has 17 heavy (non-hydrogen) atoms. The molecule has 0 fully saturated rings. The average molecular weight is 225 g/mol. The monoisotopic (exact) mass is 225 g/mol. The summed E-state index contributed by atoms with van der Waals surface area (Å²) < 4.78 is 0. The Morgan fingerprint density at radius 2 is 1.88 bits per heavy atom. The van der Waals surface area contributed by atoms with Crippen molar-refractivity contribution in [2.24, 2.45) is 0 Å². The van der Waals surface area contributed by atoms with Crippen LogP contribution in [0, 0.1) is 6.92 Å². The normalized spacial score (nSPS) is 10.2. The Hall–Kier alpha value is -1.96. The number of carbonyl (C=O) groups excluding carboxylic acids is 1. The van der Waals surface area contributed by atoms with E-state index in [1.165, 1.54) is 5.56 Å². The molecule has 0 unspecified atom stereocenters. The lowest BCUT2D eigenvalue weighted by Gasteiger charge is -2.02. The Morgan fingerprint density at radius 3 is 2.47 bits per heavy atom. The van der Waals surface area contributed by atoms with Crippen LogP contribution in [0.5, 0.6) is 0 Å². The highest BCUT2D eigenvalue weighted by molar-refractivity contribution is 6.07. The number of ketones is 1. The topological polar surface area (TPSA) is 30.0 Å². The van der Waals surface area contributed by atoms with E-state index in [0.717, 1.165) is 12.0 Å². The van der Waals surface area contributed by atoms with Gasteiger partial charge in [0.15, 0.2) is 0 Å². The molecule has 0 bridgehead atoms. The van der Waals surface area contributed by atoms with Crippen LogP contribution in [0.1, 0.15) is 34.1 Å². The smallest absolute Gasteiger partial charge is 0.211 e. The Kier molecular flexibility index (Phi) is 3.33. The van der Waals surface area contributed by atoms with Crippen LogP contribution in [0.25, 0.3) is 0 Å². The van der Waals surface area contributed by atoms with E-state index in [-0.39, 0.29) is 5.78 Å². The molecule has 2 nitrogen and oxygen atoms in total. The summed E-state index contributed by atoms with van der Waals surface area (Å²) >= 11 is 0. The van der Waals surface area contributed by atoms with Crippen LogP contribution in [-0.2, 0) is 6.42 Å². The van der Waals surface area contributed by atoms with Crippen molar-refractivity contribution in [2.45, 2.75) is 20.3 Å². The first-order chi connectivity index (χ1) is 8.20. The fraction of sp³-hybridized carbons (Fsp3) is 0.200. The molecule has 0 aliphatic carbocycles. The molecule has 1 aromatic carbocycles. The first-order valence-corrected chi connectivity index (χ1v) is 5.77. The van der Waals surface area contributed by atoms with Gasteiger partial charge in [-0.2, -0.15) is 0 Å². The van der Waals surface area contributed by atoms with Crippen molar-refractivity contribution in [2.75, 3.05) is 0 Å². The van der Waals surface area contributed by atoms with Crippen LogP contribution >= 0.6 is 0 Å². The maximum absolute atomic E-state index is 12.1. The van der Waals surface area contributed by atoms with Gasteiger partial charge in [0.05, 0.1) is 0 Å². The summed E-state index contributed by atoms with van der Waals surface area (Å²) in [6.07, 6.45) is 2.65. The predicted octanol–water partition coefficient (Wildman–Crippen LogP) is 3.18. The van der Waals surface area contributed by atoms with E-state index in [2.05, 4.69) is 11.9 Å². The van der Waals surface area contributed by atoms with Crippen molar-refractivity contribution in [1.29, 1.82) is 0 Å². The molecule has 2 heteroatoms. The van der Waals surface area contributed by atoms with E-state index >= 15 is 0 Å². The van der Waals surface area contributed by atoms with Gasteiger partial charge in [0, 0.05) is 11.8 Å². The van der Waals surface area contributed by atoms with Gasteiger partial charge in [-0.25, -0.2) is 0 Å². The van der Waals surface area contributed by atoms with E-state index in [4.69, 9.17) is 0 Å². The molecular formula is C15H15NO. The number of hydrogen-bond donors (Lipinski definition) is 0. The number of rotatable bonds is 3. The van der Waals surface area contributed by atoms with Crippen molar-refractivity contribution >= 4 is 5.78 Å². The van der Waals surface area contributed by atoms with Gasteiger partial charge >= 0.3 is 0 Å². The van der Waals surface area contributed by atoms with Crippen LogP contribution in [0.4, 0.5) is 0 Å². The zero-order valence-corrected chi connectivity index (χ0v) is 10.1. The predicted molar refractivity (Wildman–Crippen MR) is 68.2 cm³/mol. The van der Waals surface area contributed by atoms with Crippen molar-refractivity contribution in [3.05, 3.63) is 65.0 Å². The molecule has 0 amide bonds. The van der Waals surface area contributed by atoms with Crippen molar-refractivity contribution < 1.29 is 4.79 Å². The zero-order valence-electron chi connectivity index (χ0n) is 10.1. The quantitative estimate of drug-likeness (QED) is 0.751. The van der Waals surface area contributed by atoms with Gasteiger partial charge in [0.1, 0.15) is 5.69 Å². The number of benzene rings is 1. The maximum Gasteiger partial charge on any atom is 0.211 e. The minimum absolute atomic E-state index is 0.0173. The Morgan fingerprint density at radius 1 is 1.18 bits per heavy atom. The van der Waals surface area contributed by atoms with Crippen LogP contribution in [0.15, 0.2) is 42.6 Å². The Labute approximate surface area is 101 Å². The van der Waals surface area contributed by atoms with Gasteiger partial charge < -0.3 is 0 Å². The molecule has 0 saturated heterocycles. The fourth-order valence-electron chi connectivity index (χ4n) is 1.70. The van der Waals surface area contributed by atoms with E-state index < -0.39 is 0 Å². The second kappa shape index (κ2) is 4.91. The van der Waals surface area contributed by atoms with E-state index in [9.17, 15) is 4.79 Å². The average Bonchev–Trinajstić information content (AvgIpc) is 2.38. The summed E-state index contributed by atoms with van der Waals surface area (Å²) in [4.78, 5) is 16.2. The molecule has 2 aromatic rings. The van der Waals surface area contributed by atoms with Gasteiger partial charge in [-0.3, -0.25) is 9.78 Å². The van der Waals surface area contributed by atoms with Crippen LogP contribution < -0.4 is 0 Å². The molecular weight excluding hydrogens is 210 g/mol. The molecule has 2 rings (SSSR count). The lowest BCUT2D eigenvalue weighted by atomic mass is 10.0. The molecule has 0 radical (unpaired) electrons. The van der Waals surface area contributed by atoms with E-state index in [1.54, 1.807) is 6.20 Å².